The summed E-state index contributed by atoms with van der Waals surface area (Å²) in [6.45, 7) is 0. The Labute approximate surface area is 30.9 Å². The van der Waals surface area contributed by atoms with Crippen molar-refractivity contribution in [2.75, 3.05) is 0 Å². The van der Waals surface area contributed by atoms with Gasteiger partial charge in [-0.25, -0.2) is 0 Å². The quantitative estimate of drug-likeness (QED) is 0.327. The molecule has 0 spiro atoms. The first-order chi connectivity index (χ1) is 2.41. The topological polar surface area (TPSA) is 20.2 Å². The number of aliphatic hydroxyl groups is 1. The molecule has 0 atom stereocenters. The minimum absolute atomic E-state index is 0.819. The molecule has 0 amide bonds. The zero-order valence-corrected chi connectivity index (χ0v) is 2.68. The van der Waals surface area contributed by atoms with Crippen molar-refractivity contribution in [3.63, 3.8) is 0 Å². The molecule has 1 nitrogen and oxygen atoms in total. The van der Waals surface area contributed by atoms with Crippen LogP contribution in [-0.4, -0.2) is 5.11 Å². The number of allylic oxidation sites excluding steroid dienone is 1. The predicted octanol–water partition coefficient (Wildman–Crippen LogP) is 0.691. The average molecular weight is 68.1 g/mol. The Bertz CT molecular complexity index is 66.2. The van der Waals surface area contributed by atoms with Crippen molar-refractivity contribution in [3.8, 4) is 12.3 Å². The van der Waals surface area contributed by atoms with Crippen LogP contribution < -0.4 is 0 Å². The van der Waals surface area contributed by atoms with Gasteiger partial charge in [0.2, 0.25) is 0 Å². The molecule has 1 heteroatoms. The lowest BCUT2D eigenvalue weighted by atomic mass is 10.7. The molecule has 0 rings (SSSR count). The van der Waals surface area contributed by atoms with Crippen LogP contribution in [0.3, 0.4) is 0 Å². The number of hydrogen-bond donors (Lipinski definition) is 1. The molecule has 0 aromatic heterocycles. The van der Waals surface area contributed by atoms with Gasteiger partial charge in [-0.05, 0) is 0 Å². The van der Waals surface area contributed by atoms with Crippen molar-refractivity contribution >= 4 is 0 Å². The molecule has 0 aliphatic heterocycles. The Hall–Kier alpha value is -0.900. The maximum atomic E-state index is 7.74. The Balaban J connectivity index is 3.04. The second kappa shape index (κ2) is 3.10. The molecule has 0 fully saturated rings. The number of terminal acetylenes is 1. The predicted molar refractivity (Wildman–Crippen MR) is 20.6 cm³/mol. The van der Waals surface area contributed by atoms with Gasteiger partial charge in [-0.1, -0.05) is 5.92 Å². The van der Waals surface area contributed by atoms with Gasteiger partial charge in [0.05, 0.1) is 6.26 Å². The fourth-order valence-electron chi connectivity index (χ4n) is 0.0430. The molecule has 0 saturated carbocycles. The third-order valence-electron chi connectivity index (χ3n) is 0.171. The summed E-state index contributed by atoms with van der Waals surface area (Å²) >= 11 is 0. The highest BCUT2D eigenvalue weighted by Crippen LogP contribution is 1.53. The van der Waals surface area contributed by atoms with Gasteiger partial charge >= 0.3 is 0 Å². The van der Waals surface area contributed by atoms with E-state index in [9.17, 15) is 0 Å². The Kier molecular flexibility index (Phi) is 2.54. The largest absolute Gasteiger partial charge is 0.515 e. The monoisotopic (exact) mass is 68.0 g/mol. The summed E-state index contributed by atoms with van der Waals surface area (Å²) in [5, 5.41) is 7.74. The third-order valence-corrected chi connectivity index (χ3v) is 0.171. The zero-order chi connectivity index (χ0) is 4.12. The molecular weight excluding hydrogens is 64.0 g/mol. The Morgan fingerprint density at radius 2 is 2.40 bits per heavy atom. The van der Waals surface area contributed by atoms with Crippen molar-refractivity contribution in [1.29, 1.82) is 0 Å². The first kappa shape index (κ1) is 4.10. The fraction of sp³-hybridized carbons (Fsp3) is 0. The third kappa shape index (κ3) is 3.10. The molecule has 0 radical (unpaired) electrons. The standard InChI is InChI=1S/C4H4O/c1-2-3-4-5/h1,3-5H/b4-3+. The maximum absolute atomic E-state index is 7.74. The molecule has 26 valence electrons. The molecule has 0 aromatic carbocycles. The molecule has 1 N–H and O–H groups in total. The lowest BCUT2D eigenvalue weighted by Crippen LogP contribution is -1.42. The van der Waals surface area contributed by atoms with E-state index in [-0.39, 0.29) is 0 Å². The second-order valence-corrected chi connectivity index (χ2v) is 0.482. The van der Waals surface area contributed by atoms with E-state index in [2.05, 4.69) is 12.3 Å². The average Bonchev–Trinajstić information content (AvgIpc) is 1.41. The van der Waals surface area contributed by atoms with E-state index in [4.69, 9.17) is 5.11 Å². The smallest absolute Gasteiger partial charge is 0.0875 e. The first-order valence-electron chi connectivity index (χ1n) is 1.17. The lowest BCUT2D eigenvalue weighted by Gasteiger charge is -1.54. The molecule has 0 aromatic rings. The van der Waals surface area contributed by atoms with E-state index in [1.165, 1.54) is 6.08 Å². The Morgan fingerprint density at radius 3 is 2.40 bits per heavy atom. The summed E-state index contributed by atoms with van der Waals surface area (Å²) in [4.78, 5) is 0. The van der Waals surface area contributed by atoms with Crippen LogP contribution in [0.2, 0.25) is 0 Å². The van der Waals surface area contributed by atoms with E-state index in [0.717, 1.165) is 6.26 Å². The summed E-state index contributed by atoms with van der Waals surface area (Å²) in [7, 11) is 0. The van der Waals surface area contributed by atoms with Crippen LogP contribution in [0, 0.1) is 12.3 Å². The summed E-state index contributed by atoms with van der Waals surface area (Å²) in [5.41, 5.74) is 0. The van der Waals surface area contributed by atoms with Gasteiger partial charge in [-0.2, -0.15) is 0 Å². The molecule has 0 unspecified atom stereocenters. The van der Waals surface area contributed by atoms with Crippen LogP contribution in [-0.2, 0) is 0 Å². The summed E-state index contributed by atoms with van der Waals surface area (Å²) in [6, 6.07) is 0. The van der Waals surface area contributed by atoms with Crippen LogP contribution >= 0.6 is 0 Å². The molecule has 0 aliphatic rings. The highest BCUT2D eigenvalue weighted by atomic mass is 16.2. The van der Waals surface area contributed by atoms with Gasteiger partial charge in [-0.3, -0.25) is 0 Å². The van der Waals surface area contributed by atoms with Gasteiger partial charge < -0.3 is 5.11 Å². The van der Waals surface area contributed by atoms with E-state index >= 15 is 0 Å². The van der Waals surface area contributed by atoms with Crippen LogP contribution in [0.5, 0.6) is 0 Å². The summed E-state index contributed by atoms with van der Waals surface area (Å²) in [6.07, 6.45) is 6.67. The first-order valence-corrected chi connectivity index (χ1v) is 1.17. The van der Waals surface area contributed by atoms with Crippen molar-refractivity contribution < 1.29 is 5.11 Å². The van der Waals surface area contributed by atoms with E-state index in [1.807, 2.05) is 0 Å². The highest BCUT2D eigenvalue weighted by Gasteiger charge is 1.42. The summed E-state index contributed by atoms with van der Waals surface area (Å²) < 4.78 is 0. The fourth-order valence-corrected chi connectivity index (χ4v) is 0.0430. The van der Waals surface area contributed by atoms with Crippen LogP contribution in [0.1, 0.15) is 0 Å². The van der Waals surface area contributed by atoms with E-state index < -0.39 is 0 Å². The molecule has 0 heterocycles. The van der Waals surface area contributed by atoms with Crippen LogP contribution in [0.4, 0.5) is 0 Å². The second-order valence-electron chi connectivity index (χ2n) is 0.482. The minimum atomic E-state index is 0.819. The van der Waals surface area contributed by atoms with Gasteiger partial charge in [0, 0.05) is 6.08 Å². The molecule has 5 heavy (non-hydrogen) atoms. The van der Waals surface area contributed by atoms with Crippen molar-refractivity contribution in [2.24, 2.45) is 0 Å². The lowest BCUT2D eigenvalue weighted by molar-refractivity contribution is 0.474. The highest BCUT2D eigenvalue weighted by molar-refractivity contribution is 5.05. The van der Waals surface area contributed by atoms with Crippen LogP contribution in [0.25, 0.3) is 0 Å². The summed E-state index contributed by atoms with van der Waals surface area (Å²) in [5.74, 6) is 2.09. The van der Waals surface area contributed by atoms with E-state index in [1.54, 1.807) is 0 Å². The van der Waals surface area contributed by atoms with Gasteiger partial charge in [-0.15, -0.1) is 6.42 Å². The molecule has 0 aliphatic carbocycles. The maximum Gasteiger partial charge on any atom is 0.0875 e. The number of rotatable bonds is 0. The van der Waals surface area contributed by atoms with Gasteiger partial charge in [0.25, 0.3) is 0 Å². The molecule has 0 saturated heterocycles. The molecule has 0 bridgehead atoms. The van der Waals surface area contributed by atoms with E-state index in [0.29, 0.717) is 0 Å². The SMILES string of the molecule is C#C/C=C/O. The Morgan fingerprint density at radius 1 is 1.80 bits per heavy atom. The van der Waals surface area contributed by atoms with Gasteiger partial charge in [0.15, 0.2) is 0 Å². The number of aliphatic hydroxyl groups excluding tert-OH is 1. The zero-order valence-electron chi connectivity index (χ0n) is 2.68. The van der Waals surface area contributed by atoms with Crippen molar-refractivity contribution in [3.05, 3.63) is 12.3 Å². The van der Waals surface area contributed by atoms with Gasteiger partial charge in [0.1, 0.15) is 0 Å². The number of hydrogen-bond acceptors (Lipinski definition) is 1. The van der Waals surface area contributed by atoms with Crippen molar-refractivity contribution in [1.82, 2.24) is 0 Å². The minimum Gasteiger partial charge on any atom is -0.515 e. The van der Waals surface area contributed by atoms with Crippen LogP contribution in [0.15, 0.2) is 12.3 Å². The van der Waals surface area contributed by atoms with Crippen molar-refractivity contribution in [2.45, 2.75) is 0 Å². The normalized spacial score (nSPS) is 7.80. The molecular formula is C4H4O.